The summed E-state index contributed by atoms with van der Waals surface area (Å²) in [4.78, 5) is 12.8. The molecule has 0 radical (unpaired) electrons. The third-order valence-electron chi connectivity index (χ3n) is 2.79. The normalized spacial score (nSPS) is 14.9. The van der Waals surface area contributed by atoms with Gasteiger partial charge in [0.1, 0.15) is 5.82 Å². The molecule has 0 heterocycles. The second-order valence-corrected chi connectivity index (χ2v) is 3.94. The second-order valence-electron chi connectivity index (χ2n) is 3.94. The van der Waals surface area contributed by atoms with Crippen molar-refractivity contribution in [1.82, 2.24) is 0 Å². The fourth-order valence-electron chi connectivity index (χ4n) is 1.89. The highest BCUT2D eigenvalue weighted by Gasteiger charge is 2.30. The van der Waals surface area contributed by atoms with Crippen LogP contribution >= 0.6 is 0 Å². The van der Waals surface area contributed by atoms with E-state index >= 15 is 0 Å². The Bertz CT molecular complexity index is 391. The molecule has 0 bridgehead atoms. The van der Waals surface area contributed by atoms with E-state index in [1.807, 2.05) is 4.90 Å². The predicted molar refractivity (Wildman–Crippen MR) is 59.2 cm³/mol. The number of benzene rings is 1. The van der Waals surface area contributed by atoms with Crippen molar-refractivity contribution in [3.63, 3.8) is 0 Å². The number of rotatable bonds is 5. The number of anilines is 1. The maximum Gasteiger partial charge on any atom is 0.155 e. The highest BCUT2D eigenvalue weighted by molar-refractivity contribution is 5.85. The Labute approximate surface area is 93.5 Å². The van der Waals surface area contributed by atoms with E-state index in [4.69, 9.17) is 5.11 Å². The minimum atomic E-state index is -0.504. The Kier molecular flexibility index (Phi) is 3.19. The third-order valence-corrected chi connectivity index (χ3v) is 2.79. The first-order valence-corrected chi connectivity index (χ1v) is 5.39. The van der Waals surface area contributed by atoms with Gasteiger partial charge in [0.15, 0.2) is 6.29 Å². The van der Waals surface area contributed by atoms with E-state index in [1.165, 1.54) is 6.07 Å². The van der Waals surface area contributed by atoms with Crippen LogP contribution in [-0.4, -0.2) is 30.6 Å². The zero-order valence-corrected chi connectivity index (χ0v) is 8.90. The lowest BCUT2D eigenvalue weighted by molar-refractivity contribution is 0.112. The summed E-state index contributed by atoms with van der Waals surface area (Å²) in [7, 11) is 0. The van der Waals surface area contributed by atoms with E-state index < -0.39 is 5.82 Å². The Hall–Kier alpha value is -1.42. The number of aldehydes is 1. The van der Waals surface area contributed by atoms with Gasteiger partial charge in [0, 0.05) is 12.6 Å². The Balaban J connectivity index is 2.35. The zero-order valence-electron chi connectivity index (χ0n) is 8.90. The zero-order chi connectivity index (χ0) is 11.5. The van der Waals surface area contributed by atoms with Crippen LogP contribution in [0.25, 0.3) is 0 Å². The fraction of sp³-hybridized carbons (Fsp3) is 0.417. The molecular formula is C12H14FNO2. The molecule has 1 aliphatic rings. The van der Waals surface area contributed by atoms with Crippen molar-refractivity contribution in [3.05, 3.63) is 29.6 Å². The molecule has 3 nitrogen and oxygen atoms in total. The minimum Gasteiger partial charge on any atom is -0.395 e. The van der Waals surface area contributed by atoms with E-state index in [0.717, 1.165) is 12.8 Å². The van der Waals surface area contributed by atoms with Crippen molar-refractivity contribution in [3.8, 4) is 0 Å². The van der Waals surface area contributed by atoms with Crippen LogP contribution in [0.3, 0.4) is 0 Å². The van der Waals surface area contributed by atoms with Crippen LogP contribution in [-0.2, 0) is 0 Å². The fourth-order valence-corrected chi connectivity index (χ4v) is 1.89. The third kappa shape index (κ3) is 2.07. The standard InChI is InChI=1S/C12H14FNO2/c13-11-2-1-3-12(10(11)8-16)14(6-7-15)9-4-5-9/h1-3,8-9,15H,4-7H2. The second kappa shape index (κ2) is 4.61. The molecule has 2 rings (SSSR count). The van der Waals surface area contributed by atoms with Gasteiger partial charge in [-0.3, -0.25) is 4.79 Å². The van der Waals surface area contributed by atoms with Crippen LogP contribution in [0.4, 0.5) is 10.1 Å². The Morgan fingerprint density at radius 2 is 2.25 bits per heavy atom. The van der Waals surface area contributed by atoms with Crippen molar-refractivity contribution >= 4 is 12.0 Å². The van der Waals surface area contributed by atoms with E-state index in [1.54, 1.807) is 12.1 Å². The molecule has 0 aliphatic heterocycles. The summed E-state index contributed by atoms with van der Waals surface area (Å²) >= 11 is 0. The maximum atomic E-state index is 13.4. The van der Waals surface area contributed by atoms with Gasteiger partial charge in [-0.15, -0.1) is 0 Å². The SMILES string of the molecule is O=Cc1c(F)cccc1N(CCO)C1CC1. The van der Waals surface area contributed by atoms with Gasteiger partial charge in [-0.2, -0.15) is 0 Å². The molecule has 86 valence electrons. The number of aliphatic hydroxyl groups is 1. The average Bonchev–Trinajstić information content (AvgIpc) is 3.09. The summed E-state index contributed by atoms with van der Waals surface area (Å²) < 4.78 is 13.4. The molecular weight excluding hydrogens is 209 g/mol. The summed E-state index contributed by atoms with van der Waals surface area (Å²) in [5.41, 5.74) is 0.675. The summed E-state index contributed by atoms with van der Waals surface area (Å²) in [5.74, 6) is -0.504. The summed E-state index contributed by atoms with van der Waals surface area (Å²) in [6.07, 6.45) is 2.61. The minimum absolute atomic E-state index is 0.00527. The monoisotopic (exact) mass is 223 g/mol. The molecule has 0 spiro atoms. The highest BCUT2D eigenvalue weighted by Crippen LogP contribution is 2.33. The molecule has 0 unspecified atom stereocenters. The van der Waals surface area contributed by atoms with Gasteiger partial charge >= 0.3 is 0 Å². The molecule has 1 aliphatic carbocycles. The summed E-state index contributed by atoms with van der Waals surface area (Å²) in [6, 6.07) is 4.93. The number of hydrogen-bond donors (Lipinski definition) is 1. The number of carbonyl (C=O) groups excluding carboxylic acids is 1. The van der Waals surface area contributed by atoms with E-state index in [9.17, 15) is 9.18 Å². The average molecular weight is 223 g/mol. The molecule has 0 atom stereocenters. The van der Waals surface area contributed by atoms with Crippen LogP contribution in [0.15, 0.2) is 18.2 Å². The van der Waals surface area contributed by atoms with Crippen LogP contribution in [0.1, 0.15) is 23.2 Å². The Morgan fingerprint density at radius 1 is 1.50 bits per heavy atom. The highest BCUT2D eigenvalue weighted by atomic mass is 19.1. The largest absolute Gasteiger partial charge is 0.395 e. The smallest absolute Gasteiger partial charge is 0.155 e. The molecule has 0 aromatic heterocycles. The lowest BCUT2D eigenvalue weighted by atomic mass is 10.1. The molecule has 16 heavy (non-hydrogen) atoms. The number of halogens is 1. The maximum absolute atomic E-state index is 13.4. The summed E-state index contributed by atoms with van der Waals surface area (Å²) in [5, 5.41) is 8.98. The van der Waals surface area contributed by atoms with Gasteiger partial charge in [-0.25, -0.2) is 4.39 Å². The molecule has 1 fully saturated rings. The van der Waals surface area contributed by atoms with Gasteiger partial charge in [-0.1, -0.05) is 6.07 Å². The van der Waals surface area contributed by atoms with Gasteiger partial charge in [0.2, 0.25) is 0 Å². The predicted octanol–water partition coefficient (Wildman–Crippen LogP) is 1.60. The van der Waals surface area contributed by atoms with Gasteiger partial charge < -0.3 is 10.0 Å². The molecule has 0 amide bonds. The van der Waals surface area contributed by atoms with Crippen LogP contribution in [0.2, 0.25) is 0 Å². The first kappa shape index (κ1) is 11.1. The topological polar surface area (TPSA) is 40.5 Å². The lowest BCUT2D eigenvalue weighted by Crippen LogP contribution is -2.30. The van der Waals surface area contributed by atoms with Crippen molar-refractivity contribution in [2.75, 3.05) is 18.1 Å². The van der Waals surface area contributed by atoms with Crippen LogP contribution in [0, 0.1) is 5.82 Å². The van der Waals surface area contributed by atoms with Gasteiger partial charge in [0.05, 0.1) is 17.9 Å². The van der Waals surface area contributed by atoms with Gasteiger partial charge in [-0.05, 0) is 25.0 Å². The number of nitrogens with zero attached hydrogens (tertiary/aromatic N) is 1. The number of aliphatic hydroxyl groups excluding tert-OH is 1. The molecule has 1 aromatic carbocycles. The quantitative estimate of drug-likeness (QED) is 0.771. The number of carbonyl (C=O) groups is 1. The molecule has 0 saturated heterocycles. The van der Waals surface area contributed by atoms with Gasteiger partial charge in [0.25, 0.3) is 0 Å². The van der Waals surface area contributed by atoms with E-state index in [0.29, 0.717) is 24.6 Å². The number of hydrogen-bond acceptors (Lipinski definition) is 3. The van der Waals surface area contributed by atoms with Crippen LogP contribution < -0.4 is 4.90 Å². The summed E-state index contributed by atoms with van der Waals surface area (Å²) in [6.45, 7) is 0.445. The van der Waals surface area contributed by atoms with Crippen molar-refractivity contribution in [2.45, 2.75) is 18.9 Å². The molecule has 1 saturated carbocycles. The van der Waals surface area contributed by atoms with Crippen molar-refractivity contribution < 1.29 is 14.3 Å². The molecule has 4 heteroatoms. The first-order chi connectivity index (χ1) is 7.77. The lowest BCUT2D eigenvalue weighted by Gasteiger charge is -2.25. The van der Waals surface area contributed by atoms with Crippen molar-refractivity contribution in [2.24, 2.45) is 0 Å². The van der Waals surface area contributed by atoms with E-state index in [2.05, 4.69) is 0 Å². The molecule has 1 aromatic rings. The van der Waals surface area contributed by atoms with E-state index in [-0.39, 0.29) is 12.2 Å². The molecule has 1 N–H and O–H groups in total. The Morgan fingerprint density at radius 3 is 2.81 bits per heavy atom. The first-order valence-electron chi connectivity index (χ1n) is 5.39. The van der Waals surface area contributed by atoms with Crippen LogP contribution in [0.5, 0.6) is 0 Å². The van der Waals surface area contributed by atoms with Crippen molar-refractivity contribution in [1.29, 1.82) is 0 Å².